The van der Waals surface area contributed by atoms with Crippen molar-refractivity contribution in [2.75, 3.05) is 27.9 Å². The number of rotatable bonds is 8. The third kappa shape index (κ3) is 4.27. The fraction of sp³-hybridized carbons (Fsp3) is 0.333. The fourth-order valence-corrected chi connectivity index (χ4v) is 2.72. The lowest BCUT2D eigenvalue weighted by Crippen LogP contribution is -1.98. The van der Waals surface area contributed by atoms with Gasteiger partial charge in [0.05, 0.1) is 27.9 Å². The summed E-state index contributed by atoms with van der Waals surface area (Å²) in [4.78, 5) is 0. The molecule has 0 radical (unpaired) electrons. The highest BCUT2D eigenvalue weighted by Crippen LogP contribution is 2.36. The van der Waals surface area contributed by atoms with Crippen molar-refractivity contribution in [3.63, 3.8) is 0 Å². The zero-order chi connectivity index (χ0) is 18.2. The average molecular weight is 342 g/mol. The van der Waals surface area contributed by atoms with Crippen LogP contribution in [0.25, 0.3) is 5.57 Å². The quantitative estimate of drug-likeness (QED) is 0.680. The molecule has 25 heavy (non-hydrogen) atoms. The van der Waals surface area contributed by atoms with Gasteiger partial charge in [0.25, 0.3) is 0 Å². The molecule has 0 fully saturated rings. The van der Waals surface area contributed by atoms with E-state index in [1.165, 1.54) is 0 Å². The highest BCUT2D eigenvalue weighted by molar-refractivity contribution is 5.81. The summed E-state index contributed by atoms with van der Waals surface area (Å²) in [5.41, 5.74) is 3.25. The highest BCUT2D eigenvalue weighted by atomic mass is 16.5. The van der Waals surface area contributed by atoms with Gasteiger partial charge in [-0.1, -0.05) is 25.1 Å². The standard InChI is InChI=1S/C21H26O4/c1-6-8-17(15-9-11-18(22-3)20(13-15)24-5)16-10-12-19(23-4)21(14-16)25-7-2/h8-14H,6-7H2,1-5H3/b17-8-. The van der Waals surface area contributed by atoms with Crippen molar-refractivity contribution in [1.82, 2.24) is 0 Å². The Kier molecular flexibility index (Phi) is 6.75. The van der Waals surface area contributed by atoms with Crippen LogP contribution in [0.5, 0.6) is 23.0 Å². The topological polar surface area (TPSA) is 36.9 Å². The zero-order valence-electron chi connectivity index (χ0n) is 15.6. The highest BCUT2D eigenvalue weighted by Gasteiger charge is 2.12. The Morgan fingerprint density at radius 3 is 1.76 bits per heavy atom. The summed E-state index contributed by atoms with van der Waals surface area (Å²) < 4.78 is 21.9. The van der Waals surface area contributed by atoms with Gasteiger partial charge < -0.3 is 18.9 Å². The van der Waals surface area contributed by atoms with Crippen molar-refractivity contribution < 1.29 is 18.9 Å². The molecule has 0 saturated carbocycles. The second-order valence-electron chi connectivity index (χ2n) is 5.39. The van der Waals surface area contributed by atoms with E-state index >= 15 is 0 Å². The summed E-state index contributed by atoms with van der Waals surface area (Å²) in [7, 11) is 4.93. The summed E-state index contributed by atoms with van der Waals surface area (Å²) in [6.45, 7) is 4.67. The largest absolute Gasteiger partial charge is 0.493 e. The van der Waals surface area contributed by atoms with E-state index in [2.05, 4.69) is 13.0 Å². The Morgan fingerprint density at radius 1 is 0.760 bits per heavy atom. The van der Waals surface area contributed by atoms with E-state index < -0.39 is 0 Å². The van der Waals surface area contributed by atoms with Gasteiger partial charge in [0.1, 0.15) is 0 Å². The molecule has 4 heteroatoms. The zero-order valence-corrected chi connectivity index (χ0v) is 15.6. The molecule has 4 nitrogen and oxygen atoms in total. The molecule has 0 atom stereocenters. The van der Waals surface area contributed by atoms with Crippen molar-refractivity contribution in [3.05, 3.63) is 53.6 Å². The lowest BCUT2D eigenvalue weighted by atomic mass is 9.96. The molecule has 0 aliphatic carbocycles. The van der Waals surface area contributed by atoms with E-state index in [9.17, 15) is 0 Å². The lowest BCUT2D eigenvalue weighted by Gasteiger charge is -2.15. The van der Waals surface area contributed by atoms with Crippen LogP contribution >= 0.6 is 0 Å². The minimum atomic E-state index is 0.586. The predicted octanol–water partition coefficient (Wildman–Crippen LogP) is 4.95. The van der Waals surface area contributed by atoms with E-state index in [1.54, 1.807) is 21.3 Å². The maximum atomic E-state index is 5.72. The van der Waals surface area contributed by atoms with Gasteiger partial charge in [0.15, 0.2) is 23.0 Å². The second-order valence-corrected chi connectivity index (χ2v) is 5.39. The van der Waals surface area contributed by atoms with Gasteiger partial charge in [-0.3, -0.25) is 0 Å². The number of methoxy groups -OCH3 is 3. The summed E-state index contributed by atoms with van der Waals surface area (Å²) in [6.07, 6.45) is 3.11. The van der Waals surface area contributed by atoms with Gasteiger partial charge in [0.2, 0.25) is 0 Å². The van der Waals surface area contributed by atoms with Crippen LogP contribution in [0.1, 0.15) is 31.4 Å². The molecule has 0 spiro atoms. The second kappa shape index (κ2) is 9.02. The van der Waals surface area contributed by atoms with E-state index in [-0.39, 0.29) is 0 Å². The smallest absolute Gasteiger partial charge is 0.161 e. The van der Waals surface area contributed by atoms with Crippen molar-refractivity contribution in [2.45, 2.75) is 20.3 Å². The third-order valence-corrected chi connectivity index (χ3v) is 3.88. The number of benzene rings is 2. The van der Waals surface area contributed by atoms with Gasteiger partial charge in [-0.15, -0.1) is 0 Å². The molecule has 0 amide bonds. The molecule has 2 aromatic rings. The van der Waals surface area contributed by atoms with Crippen LogP contribution in [0.3, 0.4) is 0 Å². The Bertz CT molecular complexity index is 735. The van der Waals surface area contributed by atoms with E-state index in [0.717, 1.165) is 34.6 Å². The maximum absolute atomic E-state index is 5.72. The van der Waals surface area contributed by atoms with Gasteiger partial charge in [-0.05, 0) is 54.3 Å². The van der Waals surface area contributed by atoms with E-state index in [4.69, 9.17) is 18.9 Å². The molecule has 0 unspecified atom stereocenters. The SMILES string of the molecule is CC/C=C(/c1ccc(OC)c(OC)c1)c1ccc(OC)c(OCC)c1. The summed E-state index contributed by atoms with van der Waals surface area (Å²) in [6, 6.07) is 11.9. The van der Waals surface area contributed by atoms with Crippen molar-refractivity contribution in [1.29, 1.82) is 0 Å². The molecule has 0 saturated heterocycles. The molecule has 2 rings (SSSR count). The van der Waals surface area contributed by atoms with Crippen molar-refractivity contribution >= 4 is 5.57 Å². The first-order chi connectivity index (χ1) is 12.2. The molecule has 0 aliphatic rings. The summed E-state index contributed by atoms with van der Waals surface area (Å²) >= 11 is 0. The van der Waals surface area contributed by atoms with Crippen LogP contribution in [-0.4, -0.2) is 27.9 Å². The normalized spacial score (nSPS) is 11.2. The Hall–Kier alpha value is -2.62. The molecule has 0 heterocycles. The first kappa shape index (κ1) is 18.7. The minimum Gasteiger partial charge on any atom is -0.493 e. The van der Waals surface area contributed by atoms with Crippen LogP contribution in [-0.2, 0) is 0 Å². The molecule has 134 valence electrons. The number of allylic oxidation sites excluding steroid dienone is 1. The average Bonchev–Trinajstić information content (AvgIpc) is 2.65. The summed E-state index contributed by atoms with van der Waals surface area (Å²) in [5, 5.41) is 0. The molecular formula is C21H26O4. The third-order valence-electron chi connectivity index (χ3n) is 3.88. The first-order valence-electron chi connectivity index (χ1n) is 8.42. The van der Waals surface area contributed by atoms with Crippen molar-refractivity contribution in [2.24, 2.45) is 0 Å². The molecular weight excluding hydrogens is 316 g/mol. The van der Waals surface area contributed by atoms with E-state index in [0.29, 0.717) is 18.1 Å². The van der Waals surface area contributed by atoms with Crippen LogP contribution in [0, 0.1) is 0 Å². The first-order valence-corrected chi connectivity index (χ1v) is 8.42. The van der Waals surface area contributed by atoms with Crippen LogP contribution in [0.4, 0.5) is 0 Å². The molecule has 0 N–H and O–H groups in total. The van der Waals surface area contributed by atoms with Gasteiger partial charge in [-0.25, -0.2) is 0 Å². The Morgan fingerprint density at radius 2 is 1.28 bits per heavy atom. The summed E-state index contributed by atoms with van der Waals surface area (Å²) in [5.74, 6) is 2.89. The van der Waals surface area contributed by atoms with E-state index in [1.807, 2.05) is 43.3 Å². The predicted molar refractivity (Wildman–Crippen MR) is 101 cm³/mol. The maximum Gasteiger partial charge on any atom is 0.161 e. The molecule has 2 aromatic carbocycles. The van der Waals surface area contributed by atoms with Gasteiger partial charge in [-0.2, -0.15) is 0 Å². The van der Waals surface area contributed by atoms with Crippen LogP contribution < -0.4 is 18.9 Å². The fourth-order valence-electron chi connectivity index (χ4n) is 2.72. The van der Waals surface area contributed by atoms with Gasteiger partial charge >= 0.3 is 0 Å². The lowest BCUT2D eigenvalue weighted by molar-refractivity contribution is 0.311. The number of ether oxygens (including phenoxy) is 4. The van der Waals surface area contributed by atoms with Gasteiger partial charge in [0, 0.05) is 0 Å². The molecule has 0 aromatic heterocycles. The van der Waals surface area contributed by atoms with Crippen LogP contribution in [0.2, 0.25) is 0 Å². The number of hydrogen-bond donors (Lipinski definition) is 0. The Balaban J connectivity index is 2.52. The number of hydrogen-bond acceptors (Lipinski definition) is 4. The Labute approximate surface area is 150 Å². The molecule has 0 aliphatic heterocycles. The monoisotopic (exact) mass is 342 g/mol. The molecule has 0 bridgehead atoms. The van der Waals surface area contributed by atoms with Crippen molar-refractivity contribution in [3.8, 4) is 23.0 Å². The minimum absolute atomic E-state index is 0.586. The van der Waals surface area contributed by atoms with Crippen LogP contribution in [0.15, 0.2) is 42.5 Å².